The zero-order chi connectivity index (χ0) is 21.1. The van der Waals surface area contributed by atoms with Crippen molar-refractivity contribution < 1.29 is 14.7 Å². The van der Waals surface area contributed by atoms with Gasteiger partial charge in [-0.25, -0.2) is 4.99 Å². The van der Waals surface area contributed by atoms with Gasteiger partial charge in [0.15, 0.2) is 5.78 Å². The summed E-state index contributed by atoms with van der Waals surface area (Å²) in [6, 6.07) is 23.0. The number of carbonyl (C=O) groups is 2. The number of ketones is 1. The molecule has 0 aromatic heterocycles. The molecule has 0 bridgehead atoms. The molecule has 2 N–H and O–H groups in total. The number of aromatic hydroxyl groups is 1. The third kappa shape index (κ3) is 4.04. The fraction of sp³-hybridized carbons (Fsp3) is 0.0417. The first-order chi connectivity index (χ1) is 14.5. The van der Waals surface area contributed by atoms with E-state index >= 15 is 0 Å². The van der Waals surface area contributed by atoms with Crippen LogP contribution in [0.2, 0.25) is 0 Å². The monoisotopic (exact) mass is 414 g/mol. The quantitative estimate of drug-likeness (QED) is 0.557. The summed E-state index contributed by atoms with van der Waals surface area (Å²) in [5.74, 6) is -0.361. The molecule has 0 aliphatic carbocycles. The van der Waals surface area contributed by atoms with Crippen molar-refractivity contribution in [3.8, 4) is 5.75 Å². The first-order valence-electron chi connectivity index (χ1n) is 9.30. The van der Waals surface area contributed by atoms with Crippen LogP contribution in [0.3, 0.4) is 0 Å². The largest absolute Gasteiger partial charge is 0.506 e. The molecule has 5 nitrogen and oxygen atoms in total. The first kappa shape index (κ1) is 19.7. The SMILES string of the molecule is Cc1ccc(O)c(N=C2C(=O)SC(Nc3ccccc3)=C2C(=O)c2ccccc2)c1. The lowest BCUT2D eigenvalue weighted by Gasteiger charge is -2.09. The van der Waals surface area contributed by atoms with E-state index in [0.29, 0.717) is 10.6 Å². The van der Waals surface area contributed by atoms with Gasteiger partial charge in [-0.05, 0) is 48.5 Å². The molecular weight excluding hydrogens is 396 g/mol. The highest BCUT2D eigenvalue weighted by Gasteiger charge is 2.36. The van der Waals surface area contributed by atoms with Crippen LogP contribution in [0.15, 0.2) is 94.5 Å². The fourth-order valence-electron chi connectivity index (χ4n) is 3.03. The highest BCUT2D eigenvalue weighted by molar-refractivity contribution is 8.19. The van der Waals surface area contributed by atoms with Gasteiger partial charge in [-0.15, -0.1) is 0 Å². The number of phenols is 1. The third-order valence-electron chi connectivity index (χ3n) is 4.51. The van der Waals surface area contributed by atoms with Crippen molar-refractivity contribution in [3.05, 3.63) is 101 Å². The van der Waals surface area contributed by atoms with E-state index in [1.54, 1.807) is 36.4 Å². The zero-order valence-corrected chi connectivity index (χ0v) is 16.9. The van der Waals surface area contributed by atoms with Crippen LogP contribution in [-0.2, 0) is 4.79 Å². The van der Waals surface area contributed by atoms with Crippen LogP contribution in [0.25, 0.3) is 0 Å². The highest BCUT2D eigenvalue weighted by atomic mass is 32.2. The highest BCUT2D eigenvalue weighted by Crippen LogP contribution is 2.37. The number of hydrogen-bond acceptors (Lipinski definition) is 6. The Morgan fingerprint density at radius 1 is 0.967 bits per heavy atom. The summed E-state index contributed by atoms with van der Waals surface area (Å²) in [4.78, 5) is 30.6. The maximum atomic E-state index is 13.3. The van der Waals surface area contributed by atoms with E-state index in [1.807, 2.05) is 43.3 Å². The molecule has 4 rings (SSSR count). The van der Waals surface area contributed by atoms with Gasteiger partial charge < -0.3 is 10.4 Å². The molecule has 0 radical (unpaired) electrons. The van der Waals surface area contributed by atoms with E-state index in [9.17, 15) is 14.7 Å². The molecule has 0 fully saturated rings. The Hall–Kier alpha value is -3.64. The summed E-state index contributed by atoms with van der Waals surface area (Å²) in [5.41, 5.74) is 2.56. The smallest absolute Gasteiger partial charge is 0.244 e. The maximum absolute atomic E-state index is 13.3. The number of Topliss-reactive ketones (excluding diaryl/α,β-unsaturated/α-hetero) is 1. The number of para-hydroxylation sites is 1. The Morgan fingerprint density at radius 3 is 2.33 bits per heavy atom. The molecule has 30 heavy (non-hydrogen) atoms. The van der Waals surface area contributed by atoms with Crippen molar-refractivity contribution in [2.24, 2.45) is 4.99 Å². The van der Waals surface area contributed by atoms with Gasteiger partial charge in [-0.2, -0.15) is 0 Å². The second kappa shape index (κ2) is 8.39. The van der Waals surface area contributed by atoms with Crippen LogP contribution in [0, 0.1) is 6.92 Å². The van der Waals surface area contributed by atoms with E-state index in [-0.39, 0.29) is 33.6 Å². The summed E-state index contributed by atoms with van der Waals surface area (Å²) in [6.07, 6.45) is 0. The minimum absolute atomic E-state index is 0.0215. The van der Waals surface area contributed by atoms with E-state index in [0.717, 1.165) is 23.0 Å². The molecule has 0 saturated heterocycles. The molecule has 0 spiro atoms. The first-order valence-corrected chi connectivity index (χ1v) is 10.1. The summed E-state index contributed by atoms with van der Waals surface area (Å²) < 4.78 is 0. The zero-order valence-electron chi connectivity index (χ0n) is 16.1. The van der Waals surface area contributed by atoms with Gasteiger partial charge >= 0.3 is 0 Å². The van der Waals surface area contributed by atoms with Gasteiger partial charge in [0.2, 0.25) is 5.12 Å². The Kier molecular flexibility index (Phi) is 5.50. The molecule has 1 aliphatic heterocycles. The number of anilines is 1. The van der Waals surface area contributed by atoms with Gasteiger partial charge in [0.05, 0.1) is 10.6 Å². The Morgan fingerprint density at radius 2 is 1.63 bits per heavy atom. The van der Waals surface area contributed by atoms with Crippen molar-refractivity contribution in [1.29, 1.82) is 0 Å². The van der Waals surface area contributed by atoms with Crippen LogP contribution >= 0.6 is 11.8 Å². The van der Waals surface area contributed by atoms with Gasteiger partial charge in [0, 0.05) is 11.3 Å². The van der Waals surface area contributed by atoms with Gasteiger partial charge in [0.1, 0.15) is 17.1 Å². The molecule has 3 aromatic rings. The van der Waals surface area contributed by atoms with Crippen LogP contribution in [0.4, 0.5) is 11.4 Å². The minimum Gasteiger partial charge on any atom is -0.506 e. The molecule has 1 heterocycles. The van der Waals surface area contributed by atoms with Crippen LogP contribution in [-0.4, -0.2) is 21.7 Å². The number of rotatable bonds is 5. The molecule has 0 saturated carbocycles. The van der Waals surface area contributed by atoms with Gasteiger partial charge in [-0.1, -0.05) is 54.6 Å². The second-order valence-corrected chi connectivity index (χ2v) is 7.72. The number of allylic oxidation sites excluding steroid dienone is 1. The average molecular weight is 414 g/mol. The number of nitrogens with one attached hydrogen (secondary N) is 1. The van der Waals surface area contributed by atoms with E-state index in [1.165, 1.54) is 6.07 Å². The predicted octanol–water partition coefficient (Wildman–Crippen LogP) is 5.25. The molecule has 0 amide bonds. The molecule has 1 aliphatic rings. The molecule has 0 atom stereocenters. The summed E-state index contributed by atoms with van der Waals surface area (Å²) in [7, 11) is 0. The number of benzene rings is 3. The number of carbonyl (C=O) groups excluding carboxylic acids is 2. The summed E-state index contributed by atoms with van der Waals surface area (Å²) in [5, 5.41) is 13.4. The minimum atomic E-state index is -0.353. The average Bonchev–Trinajstić information content (AvgIpc) is 3.06. The topological polar surface area (TPSA) is 78.8 Å². The number of nitrogens with zero attached hydrogens (tertiary/aromatic N) is 1. The number of hydrogen-bond donors (Lipinski definition) is 2. The van der Waals surface area contributed by atoms with E-state index in [2.05, 4.69) is 10.3 Å². The molecule has 6 heteroatoms. The van der Waals surface area contributed by atoms with Crippen LogP contribution in [0.1, 0.15) is 15.9 Å². The molecule has 0 unspecified atom stereocenters. The number of phenolic OH excluding ortho intramolecular Hbond substituents is 1. The number of aliphatic imine (C=N–C) groups is 1. The van der Waals surface area contributed by atoms with Crippen LogP contribution in [0.5, 0.6) is 5.75 Å². The maximum Gasteiger partial charge on any atom is 0.244 e. The second-order valence-electron chi connectivity index (χ2n) is 6.73. The summed E-state index contributed by atoms with van der Waals surface area (Å²) in [6.45, 7) is 1.86. The van der Waals surface area contributed by atoms with E-state index in [4.69, 9.17) is 0 Å². The Balaban J connectivity index is 1.85. The van der Waals surface area contributed by atoms with E-state index < -0.39 is 0 Å². The van der Waals surface area contributed by atoms with Crippen molar-refractivity contribution in [2.45, 2.75) is 6.92 Å². The number of aryl methyl sites for hydroxylation is 1. The molecule has 148 valence electrons. The van der Waals surface area contributed by atoms with Crippen LogP contribution < -0.4 is 5.32 Å². The Labute approximate surface area is 178 Å². The fourth-order valence-corrected chi connectivity index (χ4v) is 3.92. The Bertz CT molecular complexity index is 1190. The standard InChI is InChI=1S/C24H18N2O3S/c1-15-12-13-19(27)18(14-15)26-21-20(22(28)16-8-4-2-5-9-16)23(30-24(21)29)25-17-10-6-3-7-11-17/h2-14,25,27H,1H3. The normalized spacial score (nSPS) is 15.0. The van der Waals surface area contributed by atoms with Crippen molar-refractivity contribution in [3.63, 3.8) is 0 Å². The van der Waals surface area contributed by atoms with Crippen molar-refractivity contribution in [2.75, 3.05) is 5.32 Å². The predicted molar refractivity (Wildman–Crippen MR) is 120 cm³/mol. The van der Waals surface area contributed by atoms with Gasteiger partial charge in [-0.3, -0.25) is 9.59 Å². The lowest BCUT2D eigenvalue weighted by atomic mass is 10.0. The van der Waals surface area contributed by atoms with Gasteiger partial charge in [0.25, 0.3) is 0 Å². The number of thioether (sulfide) groups is 1. The van der Waals surface area contributed by atoms with Crippen molar-refractivity contribution >= 4 is 39.7 Å². The third-order valence-corrected chi connectivity index (χ3v) is 5.40. The molecule has 3 aromatic carbocycles. The van der Waals surface area contributed by atoms with Crippen molar-refractivity contribution in [1.82, 2.24) is 0 Å². The molecular formula is C24H18N2O3S. The summed E-state index contributed by atoms with van der Waals surface area (Å²) >= 11 is 0.925. The lowest BCUT2D eigenvalue weighted by molar-refractivity contribution is -0.105. The lowest BCUT2D eigenvalue weighted by Crippen LogP contribution is -2.16.